The van der Waals surface area contributed by atoms with E-state index in [1.807, 2.05) is 23.5 Å². The highest BCUT2D eigenvalue weighted by atomic mass is 32.2. The lowest BCUT2D eigenvalue weighted by Crippen LogP contribution is -2.05. The van der Waals surface area contributed by atoms with E-state index in [-0.39, 0.29) is 0 Å². The van der Waals surface area contributed by atoms with Crippen LogP contribution in [-0.4, -0.2) is 24.7 Å². The second kappa shape index (κ2) is 10.1. The van der Waals surface area contributed by atoms with Crippen molar-refractivity contribution < 1.29 is 9.47 Å². The third kappa shape index (κ3) is 5.55. The molecule has 4 heteroatoms. The normalized spacial score (nSPS) is 17.7. The molecular weight excluding hydrogens is 336 g/mol. The van der Waals surface area contributed by atoms with Crippen LogP contribution in [0.25, 0.3) is 0 Å². The molecule has 0 N–H and O–H groups in total. The number of hydrogen-bond donors (Lipinski definition) is 0. The van der Waals surface area contributed by atoms with Gasteiger partial charge < -0.3 is 9.47 Å². The highest BCUT2D eigenvalue weighted by Gasteiger charge is 2.05. The average molecular weight is 361 g/mol. The van der Waals surface area contributed by atoms with Crippen molar-refractivity contribution in [2.75, 3.05) is 24.7 Å². The molecule has 2 nitrogen and oxygen atoms in total. The molecule has 0 radical (unpaired) electrons. The van der Waals surface area contributed by atoms with Crippen LogP contribution >= 0.6 is 23.5 Å². The van der Waals surface area contributed by atoms with Crippen molar-refractivity contribution in [2.24, 2.45) is 0 Å². The third-order valence-corrected chi connectivity index (χ3v) is 5.95. The van der Waals surface area contributed by atoms with Crippen LogP contribution in [0.3, 0.4) is 0 Å². The minimum absolute atomic E-state index is 0.672. The zero-order valence-corrected chi connectivity index (χ0v) is 15.5. The standard InChI is InChI=1S/C20H24O2S2/c1-2-6-18-14-22-10-12-24-16-20-8-4-3-7-19(20)15-23-11-9-21-13-17(18)5-1/h1-8H,9-16H2. The van der Waals surface area contributed by atoms with Gasteiger partial charge in [-0.15, -0.1) is 0 Å². The summed E-state index contributed by atoms with van der Waals surface area (Å²) in [5, 5.41) is 0. The Morgan fingerprint density at radius 2 is 1.00 bits per heavy atom. The Morgan fingerprint density at radius 3 is 1.46 bits per heavy atom. The molecular formula is C20H24O2S2. The first kappa shape index (κ1) is 17.9. The predicted molar refractivity (Wildman–Crippen MR) is 105 cm³/mol. The van der Waals surface area contributed by atoms with E-state index in [1.54, 1.807) is 0 Å². The summed E-state index contributed by atoms with van der Waals surface area (Å²) in [4.78, 5) is 0. The van der Waals surface area contributed by atoms with Gasteiger partial charge in [0.05, 0.1) is 26.4 Å². The molecule has 1 heterocycles. The number of fused-ring (bicyclic) bond motifs is 2. The smallest absolute Gasteiger partial charge is 0.0720 e. The van der Waals surface area contributed by atoms with E-state index >= 15 is 0 Å². The zero-order chi connectivity index (χ0) is 16.5. The Labute approximate surface area is 153 Å². The summed E-state index contributed by atoms with van der Waals surface area (Å²) in [6.07, 6.45) is 0. The van der Waals surface area contributed by atoms with Gasteiger partial charge in [0.1, 0.15) is 0 Å². The van der Waals surface area contributed by atoms with Crippen molar-refractivity contribution in [3.05, 3.63) is 70.8 Å². The lowest BCUT2D eigenvalue weighted by atomic mass is 10.1. The molecule has 2 aromatic rings. The quantitative estimate of drug-likeness (QED) is 0.665. The van der Waals surface area contributed by atoms with Gasteiger partial charge in [0.25, 0.3) is 0 Å². The van der Waals surface area contributed by atoms with Crippen LogP contribution in [0.4, 0.5) is 0 Å². The van der Waals surface area contributed by atoms with Crippen molar-refractivity contribution >= 4 is 23.5 Å². The second-order valence-electron chi connectivity index (χ2n) is 5.75. The first-order chi connectivity index (χ1) is 11.9. The number of benzene rings is 2. The van der Waals surface area contributed by atoms with Crippen LogP contribution in [-0.2, 0) is 34.2 Å². The van der Waals surface area contributed by atoms with E-state index in [4.69, 9.17) is 9.47 Å². The topological polar surface area (TPSA) is 18.5 Å². The van der Waals surface area contributed by atoms with Gasteiger partial charge >= 0.3 is 0 Å². The van der Waals surface area contributed by atoms with Crippen LogP contribution in [0.2, 0.25) is 0 Å². The van der Waals surface area contributed by atoms with Crippen molar-refractivity contribution in [1.82, 2.24) is 0 Å². The van der Waals surface area contributed by atoms with Gasteiger partial charge in [0, 0.05) is 23.0 Å². The predicted octanol–water partition coefficient (Wildman–Crippen LogP) is 4.90. The minimum atomic E-state index is 0.672. The Balaban J connectivity index is 1.61. The molecule has 1 aliphatic heterocycles. The largest absolute Gasteiger partial charge is 0.376 e. The van der Waals surface area contributed by atoms with Crippen LogP contribution < -0.4 is 0 Å². The molecule has 0 spiro atoms. The Bertz CT molecular complexity index is 521. The number of thioether (sulfide) groups is 2. The maximum Gasteiger partial charge on any atom is 0.0720 e. The molecule has 0 bridgehead atoms. The lowest BCUT2D eigenvalue weighted by Gasteiger charge is -2.13. The zero-order valence-electron chi connectivity index (χ0n) is 13.9. The number of hydrogen-bond acceptors (Lipinski definition) is 4. The Kier molecular flexibility index (Phi) is 7.55. The maximum absolute atomic E-state index is 5.87. The van der Waals surface area contributed by atoms with Crippen molar-refractivity contribution in [1.29, 1.82) is 0 Å². The van der Waals surface area contributed by atoms with Gasteiger partial charge in [-0.3, -0.25) is 0 Å². The summed E-state index contributed by atoms with van der Waals surface area (Å²) in [5.41, 5.74) is 5.39. The lowest BCUT2D eigenvalue weighted by molar-refractivity contribution is 0.122. The first-order valence-electron chi connectivity index (χ1n) is 8.38. The molecule has 0 aromatic heterocycles. The molecule has 3 rings (SSSR count). The van der Waals surface area contributed by atoms with E-state index in [0.29, 0.717) is 13.2 Å². The van der Waals surface area contributed by atoms with Crippen LogP contribution in [0.5, 0.6) is 0 Å². The highest BCUT2D eigenvalue weighted by Crippen LogP contribution is 2.21. The van der Waals surface area contributed by atoms with Gasteiger partial charge in [0.15, 0.2) is 0 Å². The van der Waals surface area contributed by atoms with Gasteiger partial charge in [-0.1, -0.05) is 48.5 Å². The van der Waals surface area contributed by atoms with Crippen LogP contribution in [0.15, 0.2) is 48.5 Å². The summed E-state index contributed by atoms with van der Waals surface area (Å²) in [6, 6.07) is 17.2. The van der Waals surface area contributed by atoms with E-state index in [2.05, 4.69) is 48.5 Å². The molecule has 0 fully saturated rings. The molecule has 0 atom stereocenters. The monoisotopic (exact) mass is 360 g/mol. The SMILES string of the molecule is c1ccc2c(c1)COCCSCc1ccccc1CSCCOC2. The third-order valence-electron chi connectivity index (χ3n) is 4.01. The molecule has 1 aliphatic rings. The maximum atomic E-state index is 5.87. The molecule has 0 unspecified atom stereocenters. The molecule has 0 saturated heterocycles. The second-order valence-corrected chi connectivity index (χ2v) is 7.96. The van der Waals surface area contributed by atoms with Crippen molar-refractivity contribution in [3.63, 3.8) is 0 Å². The Morgan fingerprint density at radius 1 is 0.583 bits per heavy atom. The summed E-state index contributed by atoms with van der Waals surface area (Å²) < 4.78 is 11.7. The van der Waals surface area contributed by atoms with Crippen LogP contribution in [0, 0.1) is 0 Å². The molecule has 0 amide bonds. The van der Waals surface area contributed by atoms with E-state index < -0.39 is 0 Å². The van der Waals surface area contributed by atoms with E-state index in [1.165, 1.54) is 22.3 Å². The molecule has 0 aliphatic carbocycles. The fourth-order valence-corrected chi connectivity index (χ4v) is 4.41. The Hall–Kier alpha value is -0.940. The van der Waals surface area contributed by atoms with E-state index in [9.17, 15) is 0 Å². The fraction of sp³-hybridized carbons (Fsp3) is 0.400. The molecule has 24 heavy (non-hydrogen) atoms. The molecule has 2 aromatic carbocycles. The van der Waals surface area contributed by atoms with Crippen molar-refractivity contribution in [3.8, 4) is 0 Å². The van der Waals surface area contributed by atoms with Gasteiger partial charge in [-0.2, -0.15) is 23.5 Å². The number of rotatable bonds is 0. The van der Waals surface area contributed by atoms with Gasteiger partial charge in [-0.05, 0) is 22.3 Å². The molecule has 0 saturated carbocycles. The average Bonchev–Trinajstić information content (AvgIpc) is 2.62. The molecule has 128 valence electrons. The highest BCUT2D eigenvalue weighted by molar-refractivity contribution is 7.98. The van der Waals surface area contributed by atoms with Crippen molar-refractivity contribution in [2.45, 2.75) is 24.7 Å². The first-order valence-corrected chi connectivity index (χ1v) is 10.7. The summed E-state index contributed by atoms with van der Waals surface area (Å²) in [5.74, 6) is 4.18. The summed E-state index contributed by atoms with van der Waals surface area (Å²) in [6.45, 7) is 2.92. The minimum Gasteiger partial charge on any atom is -0.376 e. The summed E-state index contributed by atoms with van der Waals surface area (Å²) >= 11 is 3.91. The number of ether oxygens (including phenoxy) is 2. The van der Waals surface area contributed by atoms with E-state index in [0.717, 1.165) is 36.2 Å². The van der Waals surface area contributed by atoms with Gasteiger partial charge in [0.2, 0.25) is 0 Å². The summed E-state index contributed by atoms with van der Waals surface area (Å²) in [7, 11) is 0. The fourth-order valence-electron chi connectivity index (χ4n) is 2.64. The van der Waals surface area contributed by atoms with Gasteiger partial charge in [-0.25, -0.2) is 0 Å². The van der Waals surface area contributed by atoms with Crippen LogP contribution in [0.1, 0.15) is 22.3 Å².